The van der Waals surface area contributed by atoms with Crippen LogP contribution in [-0.2, 0) is 4.79 Å². The van der Waals surface area contributed by atoms with Gasteiger partial charge in [-0.25, -0.2) is 0 Å². The minimum absolute atomic E-state index is 0.0719. The lowest BCUT2D eigenvalue weighted by atomic mass is 9.90. The minimum atomic E-state index is 0.0719. The van der Waals surface area contributed by atoms with Crippen LogP contribution in [0.4, 0.5) is 5.69 Å². The Labute approximate surface area is 137 Å². The van der Waals surface area contributed by atoms with Crippen molar-refractivity contribution in [3.63, 3.8) is 0 Å². The summed E-state index contributed by atoms with van der Waals surface area (Å²) in [5.41, 5.74) is 6.94. The van der Waals surface area contributed by atoms with Crippen molar-refractivity contribution < 1.29 is 4.79 Å². The maximum atomic E-state index is 12.3. The lowest BCUT2D eigenvalue weighted by molar-refractivity contribution is -0.116. The number of hydrogen-bond donors (Lipinski definition) is 2. The van der Waals surface area contributed by atoms with Crippen molar-refractivity contribution in [1.29, 1.82) is 0 Å². The summed E-state index contributed by atoms with van der Waals surface area (Å²) < 4.78 is 0. The number of benzene rings is 2. The lowest BCUT2D eigenvalue weighted by Crippen LogP contribution is -2.32. The summed E-state index contributed by atoms with van der Waals surface area (Å²) in [5.74, 6) is 0.0719. The number of fused-ring (bicyclic) bond motifs is 1. The van der Waals surface area contributed by atoms with Gasteiger partial charge < -0.3 is 16.0 Å². The number of nitrogens with two attached hydrogens (primary N) is 1. The number of nitrogens with one attached hydrogen (secondary N) is 1. The van der Waals surface area contributed by atoms with Crippen molar-refractivity contribution in [1.82, 2.24) is 4.90 Å². The molecule has 2 aromatic carbocycles. The van der Waals surface area contributed by atoms with Gasteiger partial charge in [-0.15, -0.1) is 0 Å². The predicted molar refractivity (Wildman–Crippen MR) is 95.4 cm³/mol. The molecule has 1 unspecified atom stereocenters. The Hall–Kier alpha value is -1.91. The van der Waals surface area contributed by atoms with Gasteiger partial charge >= 0.3 is 0 Å². The second-order valence-corrected chi connectivity index (χ2v) is 6.87. The number of rotatable bonds is 5. The first-order chi connectivity index (χ1) is 11.1. The van der Waals surface area contributed by atoms with E-state index in [9.17, 15) is 4.79 Å². The predicted octanol–water partition coefficient (Wildman–Crippen LogP) is 2.84. The van der Waals surface area contributed by atoms with Crippen LogP contribution in [0.3, 0.4) is 0 Å². The Kier molecular flexibility index (Phi) is 4.64. The summed E-state index contributed by atoms with van der Waals surface area (Å²) in [6, 6.07) is 14.1. The Morgan fingerprint density at radius 2 is 2.04 bits per heavy atom. The molecule has 1 atom stereocenters. The van der Waals surface area contributed by atoms with Crippen LogP contribution in [0.25, 0.3) is 10.8 Å². The van der Waals surface area contributed by atoms with E-state index >= 15 is 0 Å². The summed E-state index contributed by atoms with van der Waals surface area (Å²) in [7, 11) is 0. The smallest absolute Gasteiger partial charge is 0.225 e. The van der Waals surface area contributed by atoms with Crippen molar-refractivity contribution in [2.75, 3.05) is 31.5 Å². The van der Waals surface area contributed by atoms with Gasteiger partial charge in [-0.3, -0.25) is 4.79 Å². The number of carbonyl (C=O) groups excluding carboxylic acids is 1. The third kappa shape index (κ3) is 3.71. The number of amides is 1. The Morgan fingerprint density at radius 1 is 1.26 bits per heavy atom. The van der Waals surface area contributed by atoms with Crippen LogP contribution in [0.1, 0.15) is 19.8 Å². The second-order valence-electron chi connectivity index (χ2n) is 6.87. The fraction of sp³-hybridized carbons (Fsp3) is 0.421. The largest absolute Gasteiger partial charge is 0.330 e. The van der Waals surface area contributed by atoms with E-state index in [-0.39, 0.29) is 11.3 Å². The lowest BCUT2D eigenvalue weighted by Gasteiger charge is -2.22. The zero-order chi connectivity index (χ0) is 16.3. The monoisotopic (exact) mass is 311 g/mol. The average Bonchev–Trinajstić information content (AvgIpc) is 2.96. The zero-order valence-electron chi connectivity index (χ0n) is 13.7. The van der Waals surface area contributed by atoms with E-state index in [4.69, 9.17) is 5.73 Å². The topological polar surface area (TPSA) is 58.4 Å². The molecule has 23 heavy (non-hydrogen) atoms. The van der Waals surface area contributed by atoms with Crippen molar-refractivity contribution in [3.05, 3.63) is 42.5 Å². The normalized spacial score (nSPS) is 21.7. The van der Waals surface area contributed by atoms with Crippen molar-refractivity contribution >= 4 is 22.4 Å². The van der Waals surface area contributed by atoms with Gasteiger partial charge in [0, 0.05) is 30.6 Å². The molecule has 4 nitrogen and oxygen atoms in total. The highest BCUT2D eigenvalue weighted by atomic mass is 16.1. The summed E-state index contributed by atoms with van der Waals surface area (Å²) in [6.07, 6.45) is 1.64. The van der Waals surface area contributed by atoms with Crippen molar-refractivity contribution in [2.45, 2.75) is 19.8 Å². The van der Waals surface area contributed by atoms with Crippen LogP contribution < -0.4 is 11.1 Å². The molecule has 0 radical (unpaired) electrons. The van der Waals surface area contributed by atoms with Gasteiger partial charge in [0.1, 0.15) is 0 Å². The molecule has 1 aliphatic rings. The first-order valence-corrected chi connectivity index (χ1v) is 8.30. The van der Waals surface area contributed by atoms with Crippen LogP contribution in [0.5, 0.6) is 0 Å². The van der Waals surface area contributed by atoms with E-state index in [1.165, 1.54) is 0 Å². The third-order valence-corrected chi connectivity index (χ3v) is 4.85. The van der Waals surface area contributed by atoms with Crippen molar-refractivity contribution in [3.8, 4) is 0 Å². The molecule has 0 aromatic heterocycles. The second kappa shape index (κ2) is 6.69. The molecular formula is C19H25N3O. The molecule has 1 amide bonds. The molecule has 4 heteroatoms. The maximum Gasteiger partial charge on any atom is 0.225 e. The van der Waals surface area contributed by atoms with Crippen LogP contribution in [-0.4, -0.2) is 37.0 Å². The van der Waals surface area contributed by atoms with Crippen LogP contribution in [0, 0.1) is 5.41 Å². The van der Waals surface area contributed by atoms with Gasteiger partial charge in [-0.1, -0.05) is 43.3 Å². The molecule has 1 fully saturated rings. The number of nitrogens with zero attached hydrogens (tertiary/aromatic N) is 1. The van der Waals surface area contributed by atoms with Gasteiger partial charge in [0.25, 0.3) is 0 Å². The van der Waals surface area contributed by atoms with Gasteiger partial charge in [-0.05, 0) is 36.4 Å². The number of hydrogen-bond acceptors (Lipinski definition) is 3. The molecule has 122 valence electrons. The van der Waals surface area contributed by atoms with E-state index < -0.39 is 0 Å². The molecule has 1 saturated heterocycles. The fourth-order valence-electron chi connectivity index (χ4n) is 3.29. The third-order valence-electron chi connectivity index (χ3n) is 4.85. The molecule has 3 rings (SSSR count). The van der Waals surface area contributed by atoms with Gasteiger partial charge in [0.2, 0.25) is 5.91 Å². The minimum Gasteiger partial charge on any atom is -0.330 e. The molecule has 1 heterocycles. The number of carbonyl (C=O) groups is 1. The van der Waals surface area contributed by atoms with Gasteiger partial charge in [0.15, 0.2) is 0 Å². The van der Waals surface area contributed by atoms with Gasteiger partial charge in [0.05, 0.1) is 0 Å². The van der Waals surface area contributed by atoms with Crippen LogP contribution in [0.2, 0.25) is 0 Å². The molecule has 0 saturated carbocycles. The van der Waals surface area contributed by atoms with E-state index in [0.29, 0.717) is 13.0 Å². The fourth-order valence-corrected chi connectivity index (χ4v) is 3.29. The molecule has 2 aromatic rings. The van der Waals surface area contributed by atoms with Crippen LogP contribution in [0.15, 0.2) is 42.5 Å². The molecule has 0 aliphatic carbocycles. The van der Waals surface area contributed by atoms with E-state index in [1.54, 1.807) is 0 Å². The quantitative estimate of drug-likeness (QED) is 0.892. The zero-order valence-corrected chi connectivity index (χ0v) is 13.7. The Balaban J connectivity index is 1.57. The van der Waals surface area contributed by atoms with E-state index in [2.05, 4.69) is 29.3 Å². The summed E-state index contributed by atoms with van der Waals surface area (Å²) in [5, 5.41) is 5.28. The number of anilines is 1. The Morgan fingerprint density at radius 3 is 2.83 bits per heavy atom. The highest BCUT2D eigenvalue weighted by Gasteiger charge is 2.32. The first-order valence-electron chi connectivity index (χ1n) is 8.30. The van der Waals surface area contributed by atoms with E-state index in [1.807, 2.05) is 30.3 Å². The van der Waals surface area contributed by atoms with E-state index in [0.717, 1.165) is 42.5 Å². The SMILES string of the molecule is CC1(CN)CCN(CCC(=O)Nc2cccc3ccccc23)C1. The summed E-state index contributed by atoms with van der Waals surface area (Å²) in [4.78, 5) is 14.6. The van der Waals surface area contributed by atoms with Gasteiger partial charge in [-0.2, -0.15) is 0 Å². The number of likely N-dealkylation sites (tertiary alicyclic amines) is 1. The maximum absolute atomic E-state index is 12.3. The van der Waals surface area contributed by atoms with Crippen LogP contribution >= 0.6 is 0 Å². The summed E-state index contributed by atoms with van der Waals surface area (Å²) in [6.45, 7) is 5.77. The Bertz CT molecular complexity index is 695. The molecule has 1 aliphatic heterocycles. The average molecular weight is 311 g/mol. The first kappa shape index (κ1) is 16.0. The highest BCUT2D eigenvalue weighted by Crippen LogP contribution is 2.28. The molecule has 0 bridgehead atoms. The van der Waals surface area contributed by atoms with Crippen molar-refractivity contribution in [2.24, 2.45) is 11.1 Å². The standard InChI is InChI=1S/C19H25N3O/c1-19(13-20)10-12-22(14-19)11-9-18(23)21-17-8-4-6-15-5-2-3-7-16(15)17/h2-8H,9-14,20H2,1H3,(H,21,23). The molecule has 3 N–H and O–H groups in total. The highest BCUT2D eigenvalue weighted by molar-refractivity contribution is 6.02. The summed E-state index contributed by atoms with van der Waals surface area (Å²) >= 11 is 0. The molecular weight excluding hydrogens is 286 g/mol. The molecule has 0 spiro atoms.